The summed E-state index contributed by atoms with van der Waals surface area (Å²) in [5.41, 5.74) is 0. The van der Waals surface area contributed by atoms with Crippen molar-refractivity contribution in [2.75, 3.05) is 13.2 Å². The minimum Gasteiger partial charge on any atom is -0.494 e. The highest BCUT2D eigenvalue weighted by atomic mass is 16.5. The lowest BCUT2D eigenvalue weighted by atomic mass is 10.3. The molecule has 0 aliphatic carbocycles. The normalized spacial score (nSPS) is 9.67. The minimum atomic E-state index is 0.553. The molecule has 1 aromatic rings. The molecule has 0 N–H and O–H groups in total. The third-order valence-electron chi connectivity index (χ3n) is 1.87. The van der Waals surface area contributed by atoms with Gasteiger partial charge in [0.2, 0.25) is 0 Å². The molecule has 0 saturated carbocycles. The summed E-state index contributed by atoms with van der Waals surface area (Å²) in [5.74, 6) is 1.65. The molecule has 3 heteroatoms. The summed E-state index contributed by atoms with van der Waals surface area (Å²) < 4.78 is 10.7. The Balaban J connectivity index is 2.32. The van der Waals surface area contributed by atoms with E-state index >= 15 is 0 Å². The van der Waals surface area contributed by atoms with Gasteiger partial charge in [-0.25, -0.2) is 0 Å². The molecule has 0 aliphatic rings. The van der Waals surface area contributed by atoms with Gasteiger partial charge in [0.25, 0.3) is 0 Å². The average molecular weight is 208 g/mol. The van der Waals surface area contributed by atoms with Crippen molar-refractivity contribution < 1.29 is 14.3 Å². The molecule has 0 unspecified atom stereocenters. The Morgan fingerprint density at radius 2 is 1.73 bits per heavy atom. The van der Waals surface area contributed by atoms with Gasteiger partial charge in [-0.3, -0.25) is 0 Å². The summed E-state index contributed by atoms with van der Waals surface area (Å²) in [4.78, 5) is 10.1. The fourth-order valence-corrected chi connectivity index (χ4v) is 1.16. The highest BCUT2D eigenvalue weighted by Crippen LogP contribution is 2.17. The second kappa shape index (κ2) is 6.87. The van der Waals surface area contributed by atoms with Crippen molar-refractivity contribution in [3.63, 3.8) is 0 Å². The third kappa shape index (κ3) is 4.49. The van der Waals surface area contributed by atoms with E-state index in [4.69, 9.17) is 9.47 Å². The molecule has 1 aromatic carbocycles. The molecule has 0 radical (unpaired) electrons. The van der Waals surface area contributed by atoms with E-state index in [0.717, 1.165) is 24.2 Å². The number of aldehydes is 1. The molecule has 0 bridgehead atoms. The van der Waals surface area contributed by atoms with E-state index in [2.05, 4.69) is 0 Å². The van der Waals surface area contributed by atoms with Crippen LogP contribution in [0.1, 0.15) is 19.8 Å². The van der Waals surface area contributed by atoms with E-state index in [0.29, 0.717) is 19.6 Å². The van der Waals surface area contributed by atoms with E-state index < -0.39 is 0 Å². The zero-order valence-electron chi connectivity index (χ0n) is 8.94. The maximum absolute atomic E-state index is 10.1. The van der Waals surface area contributed by atoms with Crippen LogP contribution in [0.5, 0.6) is 11.5 Å². The number of unbranched alkanes of at least 4 members (excludes halogenated alkanes) is 1. The zero-order chi connectivity index (χ0) is 10.9. The highest BCUT2D eigenvalue weighted by Gasteiger charge is 1.95. The number of hydrogen-bond donors (Lipinski definition) is 0. The SMILES string of the molecule is CCOc1ccc(OCCCC=O)cc1. The number of carbonyl (C=O) groups is 1. The first-order chi connectivity index (χ1) is 7.36. The molecule has 0 saturated heterocycles. The standard InChI is InChI=1S/C12H16O3/c1-2-14-11-5-7-12(8-6-11)15-10-4-3-9-13/h5-9H,2-4,10H2,1H3. The Morgan fingerprint density at radius 1 is 1.13 bits per heavy atom. The van der Waals surface area contributed by atoms with Crippen LogP contribution in [0.4, 0.5) is 0 Å². The van der Waals surface area contributed by atoms with Gasteiger partial charge in [0.05, 0.1) is 13.2 Å². The van der Waals surface area contributed by atoms with Gasteiger partial charge in [-0.05, 0) is 37.6 Å². The maximum Gasteiger partial charge on any atom is 0.120 e. The van der Waals surface area contributed by atoms with Crippen LogP contribution in [0.3, 0.4) is 0 Å². The first-order valence-electron chi connectivity index (χ1n) is 5.16. The second-order valence-corrected chi connectivity index (χ2v) is 3.06. The van der Waals surface area contributed by atoms with E-state index in [-0.39, 0.29) is 0 Å². The van der Waals surface area contributed by atoms with Crippen LogP contribution >= 0.6 is 0 Å². The summed E-state index contributed by atoms with van der Waals surface area (Å²) in [6, 6.07) is 7.48. The van der Waals surface area contributed by atoms with Crippen LogP contribution in [-0.2, 0) is 4.79 Å². The quantitative estimate of drug-likeness (QED) is 0.510. The van der Waals surface area contributed by atoms with Gasteiger partial charge in [-0.1, -0.05) is 0 Å². The van der Waals surface area contributed by atoms with Crippen LogP contribution in [0.2, 0.25) is 0 Å². The molecule has 0 amide bonds. The van der Waals surface area contributed by atoms with Gasteiger partial charge in [0, 0.05) is 6.42 Å². The van der Waals surface area contributed by atoms with Gasteiger partial charge < -0.3 is 14.3 Å². The molecule has 15 heavy (non-hydrogen) atoms. The first kappa shape index (κ1) is 11.6. The largest absolute Gasteiger partial charge is 0.494 e. The molecule has 0 fully saturated rings. The summed E-state index contributed by atoms with van der Waals surface area (Å²) in [6.07, 6.45) is 2.22. The van der Waals surface area contributed by atoms with Crippen LogP contribution in [-0.4, -0.2) is 19.5 Å². The number of hydrogen-bond acceptors (Lipinski definition) is 3. The number of benzene rings is 1. The van der Waals surface area contributed by atoms with Crippen molar-refractivity contribution in [3.05, 3.63) is 24.3 Å². The Bertz CT molecular complexity index is 279. The monoisotopic (exact) mass is 208 g/mol. The van der Waals surface area contributed by atoms with Crippen LogP contribution < -0.4 is 9.47 Å². The minimum absolute atomic E-state index is 0.553. The molecule has 1 rings (SSSR count). The molecule has 0 aliphatic heterocycles. The van der Waals surface area contributed by atoms with E-state index in [1.54, 1.807) is 0 Å². The Labute approximate surface area is 90.0 Å². The first-order valence-corrected chi connectivity index (χ1v) is 5.16. The van der Waals surface area contributed by atoms with Crippen molar-refractivity contribution >= 4 is 6.29 Å². The summed E-state index contributed by atoms with van der Waals surface area (Å²) in [5, 5.41) is 0. The van der Waals surface area contributed by atoms with Gasteiger partial charge in [0.15, 0.2) is 0 Å². The van der Waals surface area contributed by atoms with Gasteiger partial charge >= 0.3 is 0 Å². The Hall–Kier alpha value is -1.51. The number of ether oxygens (including phenoxy) is 2. The molecule has 0 atom stereocenters. The summed E-state index contributed by atoms with van der Waals surface area (Å²) >= 11 is 0. The van der Waals surface area contributed by atoms with Crippen molar-refractivity contribution in [1.82, 2.24) is 0 Å². The fourth-order valence-electron chi connectivity index (χ4n) is 1.16. The number of carbonyl (C=O) groups excluding carboxylic acids is 1. The van der Waals surface area contributed by atoms with Crippen molar-refractivity contribution in [1.29, 1.82) is 0 Å². The molecule has 0 heterocycles. The summed E-state index contributed by atoms with van der Waals surface area (Å²) in [6.45, 7) is 3.19. The molecule has 3 nitrogen and oxygen atoms in total. The summed E-state index contributed by atoms with van der Waals surface area (Å²) in [7, 11) is 0. The fraction of sp³-hybridized carbons (Fsp3) is 0.417. The van der Waals surface area contributed by atoms with Crippen LogP contribution in [0.15, 0.2) is 24.3 Å². The molecular weight excluding hydrogens is 192 g/mol. The lowest BCUT2D eigenvalue weighted by Gasteiger charge is -2.06. The lowest BCUT2D eigenvalue weighted by Crippen LogP contribution is -1.97. The third-order valence-corrected chi connectivity index (χ3v) is 1.87. The van der Waals surface area contributed by atoms with Crippen LogP contribution in [0, 0.1) is 0 Å². The number of rotatable bonds is 7. The average Bonchev–Trinajstić information content (AvgIpc) is 2.27. The molecular formula is C12H16O3. The van der Waals surface area contributed by atoms with Crippen molar-refractivity contribution in [2.24, 2.45) is 0 Å². The Morgan fingerprint density at radius 3 is 2.27 bits per heavy atom. The van der Waals surface area contributed by atoms with Crippen molar-refractivity contribution in [2.45, 2.75) is 19.8 Å². The topological polar surface area (TPSA) is 35.5 Å². The molecule has 0 aromatic heterocycles. The van der Waals surface area contributed by atoms with Gasteiger partial charge in [-0.2, -0.15) is 0 Å². The predicted molar refractivity (Wildman–Crippen MR) is 58.4 cm³/mol. The second-order valence-electron chi connectivity index (χ2n) is 3.06. The van der Waals surface area contributed by atoms with Gasteiger partial charge in [0.1, 0.15) is 17.8 Å². The smallest absolute Gasteiger partial charge is 0.120 e. The Kier molecular flexibility index (Phi) is 5.30. The van der Waals surface area contributed by atoms with Crippen LogP contribution in [0.25, 0.3) is 0 Å². The van der Waals surface area contributed by atoms with Crippen molar-refractivity contribution in [3.8, 4) is 11.5 Å². The molecule has 0 spiro atoms. The van der Waals surface area contributed by atoms with Gasteiger partial charge in [-0.15, -0.1) is 0 Å². The highest BCUT2D eigenvalue weighted by molar-refractivity contribution is 5.49. The van der Waals surface area contributed by atoms with E-state index in [1.165, 1.54) is 0 Å². The lowest BCUT2D eigenvalue weighted by molar-refractivity contribution is -0.108. The maximum atomic E-state index is 10.1. The molecule has 82 valence electrons. The van der Waals surface area contributed by atoms with E-state index in [9.17, 15) is 4.79 Å². The predicted octanol–water partition coefficient (Wildman–Crippen LogP) is 2.44. The van der Waals surface area contributed by atoms with E-state index in [1.807, 2.05) is 31.2 Å². The zero-order valence-corrected chi connectivity index (χ0v) is 8.94.